The number of benzene rings is 4. The van der Waals surface area contributed by atoms with Crippen molar-refractivity contribution in [2.24, 2.45) is 0 Å². The fourth-order valence-corrected chi connectivity index (χ4v) is 4.79. The second-order valence-electron chi connectivity index (χ2n) is 9.12. The van der Waals surface area contributed by atoms with Crippen LogP contribution in [-0.2, 0) is 6.54 Å². The van der Waals surface area contributed by atoms with Crippen LogP contribution in [0.15, 0.2) is 119 Å². The number of anilines is 1. The molecule has 0 atom stereocenters. The summed E-state index contributed by atoms with van der Waals surface area (Å²) in [6.07, 6.45) is 5.02. The number of nitrogens with zero attached hydrogens (tertiary/aromatic N) is 1. The third-order valence-electron chi connectivity index (χ3n) is 6.75. The highest BCUT2D eigenvalue weighted by Crippen LogP contribution is 2.37. The summed E-state index contributed by atoms with van der Waals surface area (Å²) in [5, 5.41) is 3.44. The van der Waals surface area contributed by atoms with Gasteiger partial charge in [0.15, 0.2) is 11.6 Å². The molecule has 196 valence electrons. The quantitative estimate of drug-likeness (QED) is 0.229. The van der Waals surface area contributed by atoms with Crippen molar-refractivity contribution >= 4 is 22.9 Å². The van der Waals surface area contributed by atoms with Gasteiger partial charge in [-0.15, -0.1) is 0 Å². The van der Waals surface area contributed by atoms with E-state index in [1.807, 2.05) is 32.0 Å². The summed E-state index contributed by atoms with van der Waals surface area (Å²) in [6, 6.07) is 33.5. The maximum atomic E-state index is 6.30. The first-order chi connectivity index (χ1) is 19.2. The molecule has 0 unspecified atom stereocenters. The van der Waals surface area contributed by atoms with E-state index in [4.69, 9.17) is 9.15 Å². The lowest BCUT2D eigenvalue weighted by Crippen LogP contribution is -2.33. The molecule has 2 heterocycles. The predicted octanol–water partition coefficient (Wildman–Crippen LogP) is 9.24. The average molecular weight is 516 g/mol. The summed E-state index contributed by atoms with van der Waals surface area (Å²) in [7, 11) is 0. The molecule has 39 heavy (non-hydrogen) atoms. The molecule has 0 saturated carbocycles. The smallest absolute Gasteiger partial charge is 0.374 e. The number of rotatable bonds is 6. The van der Waals surface area contributed by atoms with Crippen molar-refractivity contribution in [3.63, 3.8) is 0 Å². The highest BCUT2D eigenvalue weighted by Gasteiger charge is 2.22. The Labute approximate surface area is 230 Å². The van der Waals surface area contributed by atoms with Crippen molar-refractivity contribution in [3.8, 4) is 28.0 Å². The third-order valence-corrected chi connectivity index (χ3v) is 6.75. The lowest BCUT2D eigenvalue weighted by molar-refractivity contribution is -0.674. The lowest BCUT2D eigenvalue weighted by atomic mass is 10.1. The SMILES string of the molecule is CC.CCC(/C=C1/Nc2cc(-c3ccccc3)ccc2O1)=C\c1oc2ccc(-c3ccccc3)cc2[n+]1CC. The van der Waals surface area contributed by atoms with E-state index >= 15 is 0 Å². The minimum Gasteiger partial charge on any atom is -0.439 e. The number of aromatic nitrogens is 1. The lowest BCUT2D eigenvalue weighted by Gasteiger charge is -2.03. The molecule has 0 aliphatic carbocycles. The average Bonchev–Trinajstić information content (AvgIpc) is 3.57. The number of fused-ring (bicyclic) bond motifs is 2. The molecule has 0 saturated heterocycles. The molecule has 6 rings (SSSR count). The van der Waals surface area contributed by atoms with Crippen molar-refractivity contribution in [2.75, 3.05) is 5.32 Å². The van der Waals surface area contributed by atoms with Crippen LogP contribution in [0.3, 0.4) is 0 Å². The van der Waals surface area contributed by atoms with Gasteiger partial charge >= 0.3 is 5.89 Å². The normalized spacial score (nSPS) is 13.4. The fourth-order valence-electron chi connectivity index (χ4n) is 4.79. The number of ether oxygens (including phenoxy) is 1. The van der Waals surface area contributed by atoms with Gasteiger partial charge in [0.05, 0.1) is 11.8 Å². The molecule has 1 aromatic heterocycles. The van der Waals surface area contributed by atoms with Crippen LogP contribution in [0.5, 0.6) is 5.75 Å². The maximum Gasteiger partial charge on any atom is 0.374 e. The Bertz CT molecular complexity index is 1630. The van der Waals surface area contributed by atoms with E-state index in [-0.39, 0.29) is 0 Å². The maximum absolute atomic E-state index is 6.30. The van der Waals surface area contributed by atoms with Gasteiger partial charge in [-0.1, -0.05) is 93.6 Å². The topological polar surface area (TPSA) is 38.3 Å². The first-order valence-electron chi connectivity index (χ1n) is 13.8. The van der Waals surface area contributed by atoms with E-state index in [9.17, 15) is 0 Å². The fraction of sp³-hybridized carbons (Fsp3) is 0.171. The molecule has 5 aromatic rings. The van der Waals surface area contributed by atoms with Crippen molar-refractivity contribution < 1.29 is 13.7 Å². The monoisotopic (exact) mass is 515 g/mol. The molecule has 0 amide bonds. The van der Waals surface area contributed by atoms with Gasteiger partial charge in [-0.25, -0.2) is 0 Å². The van der Waals surface area contributed by atoms with Gasteiger partial charge in [-0.2, -0.15) is 4.57 Å². The Hall–Kier alpha value is -4.57. The van der Waals surface area contributed by atoms with Crippen LogP contribution in [0.25, 0.3) is 39.4 Å². The first kappa shape index (κ1) is 26.1. The number of hydrogen-bond acceptors (Lipinski definition) is 3. The molecule has 4 heteroatoms. The van der Waals surface area contributed by atoms with Crippen LogP contribution in [0.2, 0.25) is 0 Å². The summed E-state index contributed by atoms with van der Waals surface area (Å²) in [4.78, 5) is 0. The predicted molar refractivity (Wildman–Crippen MR) is 161 cm³/mol. The van der Waals surface area contributed by atoms with Crippen LogP contribution >= 0.6 is 0 Å². The second kappa shape index (κ2) is 11.9. The zero-order chi connectivity index (χ0) is 27.2. The van der Waals surface area contributed by atoms with Crippen molar-refractivity contribution in [1.82, 2.24) is 0 Å². The minimum atomic E-state index is 0.721. The Kier molecular flexibility index (Phi) is 7.93. The largest absolute Gasteiger partial charge is 0.439 e. The van der Waals surface area contributed by atoms with Gasteiger partial charge in [-0.05, 0) is 59.4 Å². The molecular weight excluding hydrogens is 480 g/mol. The molecule has 1 aliphatic heterocycles. The minimum absolute atomic E-state index is 0.721. The van der Waals surface area contributed by atoms with E-state index in [0.717, 1.165) is 58.4 Å². The van der Waals surface area contributed by atoms with E-state index in [1.165, 1.54) is 16.7 Å². The Morgan fingerprint density at radius 1 is 0.769 bits per heavy atom. The van der Waals surface area contributed by atoms with Gasteiger partial charge < -0.3 is 14.5 Å². The van der Waals surface area contributed by atoms with Gasteiger partial charge in [0.2, 0.25) is 5.58 Å². The number of hydrogen-bond donors (Lipinski definition) is 1. The van der Waals surface area contributed by atoms with Gasteiger partial charge in [0.1, 0.15) is 6.54 Å². The number of allylic oxidation sites excluding steroid dienone is 2. The Morgan fingerprint density at radius 2 is 1.41 bits per heavy atom. The summed E-state index contributed by atoms with van der Waals surface area (Å²) >= 11 is 0. The van der Waals surface area contributed by atoms with Crippen molar-refractivity contribution in [3.05, 3.63) is 120 Å². The van der Waals surface area contributed by atoms with Gasteiger partial charge in [0, 0.05) is 12.1 Å². The second-order valence-corrected chi connectivity index (χ2v) is 9.12. The van der Waals surface area contributed by atoms with Crippen LogP contribution in [0, 0.1) is 0 Å². The van der Waals surface area contributed by atoms with Crippen molar-refractivity contribution in [2.45, 2.75) is 40.7 Å². The molecule has 1 N–H and O–H groups in total. The Morgan fingerprint density at radius 3 is 2.05 bits per heavy atom. The number of nitrogens with one attached hydrogen (secondary N) is 1. The van der Waals surface area contributed by atoms with Crippen molar-refractivity contribution in [1.29, 1.82) is 0 Å². The van der Waals surface area contributed by atoms with E-state index in [1.54, 1.807) is 0 Å². The van der Waals surface area contributed by atoms with Crippen LogP contribution in [-0.4, -0.2) is 0 Å². The molecule has 0 bridgehead atoms. The number of oxazole rings is 1. The summed E-state index contributed by atoms with van der Waals surface area (Å²) in [5.74, 6) is 2.39. The standard InChI is InChI=1S/C33H28N2O2.C2H6/c1-3-23(19-32-34-28-21-26(15-17-30(28)36-32)24-11-7-5-8-12-24)20-33-35(4-2)29-22-27(16-18-31(29)37-33)25-13-9-6-10-14-25;1-2/h5-22H,3-4H2,1-2H3;1-2H3/p+1. The number of aryl methyl sites for hydroxylation is 1. The van der Waals surface area contributed by atoms with Gasteiger partial charge in [-0.3, -0.25) is 0 Å². The van der Waals surface area contributed by atoms with E-state index in [2.05, 4.69) is 115 Å². The molecule has 4 aromatic carbocycles. The van der Waals surface area contributed by atoms with Crippen LogP contribution in [0.4, 0.5) is 5.69 Å². The van der Waals surface area contributed by atoms with E-state index in [0.29, 0.717) is 0 Å². The van der Waals surface area contributed by atoms with E-state index < -0.39 is 0 Å². The highest BCUT2D eigenvalue weighted by atomic mass is 16.5. The molecule has 0 radical (unpaired) electrons. The van der Waals surface area contributed by atoms with Crippen LogP contribution in [0.1, 0.15) is 40.0 Å². The third kappa shape index (κ3) is 5.51. The molecule has 1 aliphatic rings. The molecule has 4 nitrogen and oxygen atoms in total. The zero-order valence-corrected chi connectivity index (χ0v) is 23.1. The van der Waals surface area contributed by atoms with Crippen LogP contribution < -0.4 is 14.6 Å². The summed E-state index contributed by atoms with van der Waals surface area (Å²) in [6.45, 7) is 9.10. The summed E-state index contributed by atoms with van der Waals surface area (Å²) in [5.41, 5.74) is 8.78. The van der Waals surface area contributed by atoms with Gasteiger partial charge in [0.25, 0.3) is 5.52 Å². The molecule has 0 spiro atoms. The highest BCUT2D eigenvalue weighted by molar-refractivity contribution is 5.79. The summed E-state index contributed by atoms with van der Waals surface area (Å²) < 4.78 is 14.6. The molecular formula is C35H35N2O2+. The Balaban J connectivity index is 0.00000151. The first-order valence-corrected chi connectivity index (χ1v) is 13.8. The zero-order valence-electron chi connectivity index (χ0n) is 23.1. The molecule has 0 fully saturated rings.